The van der Waals surface area contributed by atoms with Gasteiger partial charge in [0.2, 0.25) is 5.91 Å². The minimum atomic E-state index is -0.486. The quantitative estimate of drug-likeness (QED) is 0.896. The van der Waals surface area contributed by atoms with Gasteiger partial charge in [0.25, 0.3) is 5.91 Å². The van der Waals surface area contributed by atoms with E-state index < -0.39 is 11.8 Å². The summed E-state index contributed by atoms with van der Waals surface area (Å²) < 4.78 is 0. The number of anilines is 1. The van der Waals surface area contributed by atoms with Crippen LogP contribution in [0.4, 0.5) is 5.69 Å². The van der Waals surface area contributed by atoms with Crippen LogP contribution in [0.3, 0.4) is 0 Å². The lowest BCUT2D eigenvalue weighted by Gasteiger charge is -2.08. The van der Waals surface area contributed by atoms with Crippen LogP contribution in [-0.4, -0.2) is 28.3 Å². The summed E-state index contributed by atoms with van der Waals surface area (Å²) in [6.07, 6.45) is 2.82. The molecule has 0 unspecified atom stereocenters. The maximum Gasteiger partial charge on any atom is 0.271 e. The predicted molar refractivity (Wildman–Crippen MR) is 84.2 cm³/mol. The van der Waals surface area contributed by atoms with E-state index >= 15 is 0 Å². The van der Waals surface area contributed by atoms with Gasteiger partial charge in [-0.3, -0.25) is 14.6 Å². The fourth-order valence-corrected chi connectivity index (χ4v) is 1.89. The molecule has 0 radical (unpaired) electrons. The van der Waals surface area contributed by atoms with Gasteiger partial charge in [-0.05, 0) is 25.1 Å². The number of benzene rings is 1. The Morgan fingerprint density at radius 3 is 2.64 bits per heavy atom. The molecule has 2 N–H and O–H groups in total. The molecule has 0 bridgehead atoms. The zero-order valence-corrected chi connectivity index (χ0v) is 13.1. The van der Waals surface area contributed by atoms with Gasteiger partial charge in [-0.25, -0.2) is 4.98 Å². The Labute approximate surface area is 136 Å². The molecular weight excluding hydrogens is 327 g/mol. The van der Waals surface area contributed by atoms with Crippen LogP contribution in [-0.2, 0) is 4.79 Å². The number of aryl methyl sites for hydroxylation is 1. The van der Waals surface area contributed by atoms with Gasteiger partial charge in [0.05, 0.1) is 29.1 Å². The maximum absolute atomic E-state index is 11.8. The zero-order valence-electron chi connectivity index (χ0n) is 11.6. The van der Waals surface area contributed by atoms with Gasteiger partial charge >= 0.3 is 0 Å². The molecule has 2 aromatic rings. The average Bonchev–Trinajstić information content (AvgIpc) is 2.49. The van der Waals surface area contributed by atoms with Crippen LogP contribution in [0.15, 0.2) is 30.6 Å². The number of amides is 2. The van der Waals surface area contributed by atoms with E-state index in [-0.39, 0.29) is 12.2 Å². The first-order valence-electron chi connectivity index (χ1n) is 6.27. The fraction of sp³-hybridized carbons (Fsp3) is 0.143. The first kappa shape index (κ1) is 16.2. The van der Waals surface area contributed by atoms with Crippen molar-refractivity contribution in [2.75, 3.05) is 11.9 Å². The van der Waals surface area contributed by atoms with E-state index in [1.54, 1.807) is 19.1 Å². The van der Waals surface area contributed by atoms with Crippen LogP contribution in [0.1, 0.15) is 16.2 Å². The van der Waals surface area contributed by atoms with E-state index in [0.29, 0.717) is 21.4 Å². The molecule has 2 rings (SSSR count). The van der Waals surface area contributed by atoms with Gasteiger partial charge in [0, 0.05) is 11.2 Å². The summed E-state index contributed by atoms with van der Waals surface area (Å²) in [4.78, 5) is 31.5. The number of halogens is 2. The van der Waals surface area contributed by atoms with Crippen LogP contribution >= 0.6 is 23.2 Å². The van der Waals surface area contributed by atoms with E-state index in [2.05, 4.69) is 20.6 Å². The lowest BCUT2D eigenvalue weighted by Crippen LogP contribution is -2.33. The van der Waals surface area contributed by atoms with Crippen molar-refractivity contribution >= 4 is 40.7 Å². The number of nitrogens with zero attached hydrogens (tertiary/aromatic N) is 2. The molecule has 0 aliphatic carbocycles. The molecule has 2 amide bonds. The second-order valence-electron chi connectivity index (χ2n) is 4.40. The zero-order chi connectivity index (χ0) is 16.1. The summed E-state index contributed by atoms with van der Waals surface area (Å²) in [6.45, 7) is 1.54. The van der Waals surface area contributed by atoms with Gasteiger partial charge in [0.1, 0.15) is 5.69 Å². The van der Waals surface area contributed by atoms with E-state index in [1.807, 2.05) is 0 Å². The summed E-state index contributed by atoms with van der Waals surface area (Å²) in [5.74, 6) is -0.919. The third-order valence-corrected chi connectivity index (χ3v) is 3.19. The Morgan fingerprint density at radius 1 is 1.18 bits per heavy atom. The third kappa shape index (κ3) is 4.41. The van der Waals surface area contributed by atoms with E-state index in [4.69, 9.17) is 23.2 Å². The molecule has 0 spiro atoms. The Hall–Kier alpha value is -2.18. The summed E-state index contributed by atoms with van der Waals surface area (Å²) in [5.41, 5.74) is 1.22. The van der Waals surface area contributed by atoms with Crippen molar-refractivity contribution < 1.29 is 9.59 Å². The highest BCUT2D eigenvalue weighted by atomic mass is 35.5. The van der Waals surface area contributed by atoms with E-state index in [9.17, 15) is 9.59 Å². The van der Waals surface area contributed by atoms with Crippen molar-refractivity contribution in [3.63, 3.8) is 0 Å². The number of rotatable bonds is 4. The van der Waals surface area contributed by atoms with Gasteiger partial charge in [-0.2, -0.15) is 0 Å². The topological polar surface area (TPSA) is 84.0 Å². The summed E-state index contributed by atoms with van der Waals surface area (Å²) in [5, 5.41) is 5.80. The van der Waals surface area contributed by atoms with Crippen LogP contribution in [0.2, 0.25) is 10.0 Å². The Bertz CT molecular complexity index is 704. The minimum Gasteiger partial charge on any atom is -0.342 e. The smallest absolute Gasteiger partial charge is 0.271 e. The summed E-state index contributed by atoms with van der Waals surface area (Å²) in [6, 6.07) is 4.70. The van der Waals surface area contributed by atoms with Crippen LogP contribution in [0.5, 0.6) is 0 Å². The molecule has 0 aliphatic rings. The molecule has 0 aliphatic heterocycles. The second-order valence-corrected chi connectivity index (χ2v) is 5.24. The van der Waals surface area contributed by atoms with E-state index in [1.165, 1.54) is 18.5 Å². The summed E-state index contributed by atoms with van der Waals surface area (Å²) in [7, 11) is 0. The average molecular weight is 339 g/mol. The molecule has 0 fully saturated rings. The standard InChI is InChI=1S/C14H12Cl2N4O2/c1-8-5-18-12(6-17-8)14(22)19-7-13(21)20-11-4-9(15)2-3-10(11)16/h2-6H,7H2,1H3,(H,19,22)(H,20,21). The van der Waals surface area contributed by atoms with Crippen molar-refractivity contribution in [2.45, 2.75) is 6.92 Å². The lowest BCUT2D eigenvalue weighted by molar-refractivity contribution is -0.115. The van der Waals surface area contributed by atoms with Gasteiger partial charge in [-0.15, -0.1) is 0 Å². The SMILES string of the molecule is Cc1cnc(C(=O)NCC(=O)Nc2cc(Cl)ccc2Cl)cn1. The largest absolute Gasteiger partial charge is 0.342 e. The highest BCUT2D eigenvalue weighted by Crippen LogP contribution is 2.25. The Morgan fingerprint density at radius 2 is 1.95 bits per heavy atom. The van der Waals surface area contributed by atoms with E-state index in [0.717, 1.165) is 0 Å². The number of hydrogen-bond acceptors (Lipinski definition) is 4. The fourth-order valence-electron chi connectivity index (χ4n) is 1.55. The highest BCUT2D eigenvalue weighted by molar-refractivity contribution is 6.35. The van der Waals surface area contributed by atoms with Gasteiger partial charge in [-0.1, -0.05) is 23.2 Å². The van der Waals surface area contributed by atoms with Crippen LogP contribution < -0.4 is 10.6 Å². The molecule has 8 heteroatoms. The third-order valence-electron chi connectivity index (χ3n) is 2.63. The number of aromatic nitrogens is 2. The van der Waals surface area contributed by atoms with Crippen molar-refractivity contribution in [1.82, 2.24) is 15.3 Å². The van der Waals surface area contributed by atoms with Gasteiger partial charge in [0.15, 0.2) is 0 Å². The summed E-state index contributed by atoms with van der Waals surface area (Å²) >= 11 is 11.8. The number of hydrogen-bond donors (Lipinski definition) is 2. The van der Waals surface area contributed by atoms with Crippen molar-refractivity contribution in [3.8, 4) is 0 Å². The first-order valence-corrected chi connectivity index (χ1v) is 7.03. The molecule has 0 saturated heterocycles. The molecule has 0 atom stereocenters. The minimum absolute atomic E-state index is 0.138. The predicted octanol–water partition coefficient (Wildman–Crippen LogP) is 2.46. The molecular formula is C14H12Cl2N4O2. The highest BCUT2D eigenvalue weighted by Gasteiger charge is 2.11. The molecule has 0 saturated carbocycles. The lowest BCUT2D eigenvalue weighted by atomic mass is 10.3. The molecule has 22 heavy (non-hydrogen) atoms. The first-order chi connectivity index (χ1) is 10.5. The number of carbonyl (C=O) groups is 2. The van der Waals surface area contributed by atoms with Crippen LogP contribution in [0.25, 0.3) is 0 Å². The number of nitrogens with one attached hydrogen (secondary N) is 2. The van der Waals surface area contributed by atoms with Crippen molar-refractivity contribution in [1.29, 1.82) is 0 Å². The van der Waals surface area contributed by atoms with Crippen molar-refractivity contribution in [2.24, 2.45) is 0 Å². The molecule has 1 heterocycles. The van der Waals surface area contributed by atoms with Gasteiger partial charge < -0.3 is 10.6 Å². The molecule has 1 aromatic heterocycles. The Kier molecular flexibility index (Phi) is 5.30. The van der Waals surface area contributed by atoms with Crippen LogP contribution in [0, 0.1) is 6.92 Å². The maximum atomic E-state index is 11.8. The second kappa shape index (κ2) is 7.20. The molecule has 6 nitrogen and oxygen atoms in total. The van der Waals surface area contributed by atoms with Crippen molar-refractivity contribution in [3.05, 3.63) is 52.0 Å². The normalized spacial score (nSPS) is 10.1. The molecule has 114 valence electrons. The molecule has 1 aromatic carbocycles. The monoisotopic (exact) mass is 338 g/mol. The number of carbonyl (C=O) groups excluding carboxylic acids is 2. The Balaban J connectivity index is 1.91.